The second-order valence-corrected chi connectivity index (χ2v) is 7.20. The van der Waals surface area contributed by atoms with Crippen molar-refractivity contribution in [3.05, 3.63) is 39.4 Å². The number of ether oxygens (including phenoxy) is 1. The van der Waals surface area contributed by atoms with E-state index in [1.54, 1.807) is 0 Å². The van der Waals surface area contributed by atoms with Crippen molar-refractivity contribution in [3.63, 3.8) is 0 Å². The van der Waals surface area contributed by atoms with Gasteiger partial charge in [-0.2, -0.15) is 0 Å². The second kappa shape index (κ2) is 7.55. The molecule has 10 heteroatoms. The average Bonchev–Trinajstić information content (AvgIpc) is 3.06. The Morgan fingerprint density at radius 1 is 1.43 bits per heavy atom. The average molecular weight is 391 g/mol. The van der Waals surface area contributed by atoms with Crippen LogP contribution in [0, 0.1) is 28.4 Å². The Balaban J connectivity index is 1.61. The number of likely N-dealkylation sites (tertiary alicyclic amines) is 1. The van der Waals surface area contributed by atoms with Gasteiger partial charge in [0.05, 0.1) is 23.5 Å². The molecule has 2 N–H and O–H groups in total. The number of carbonyl (C=O) groups is 3. The van der Waals surface area contributed by atoms with Crippen molar-refractivity contribution in [2.45, 2.75) is 13.3 Å². The number of nitro groups is 1. The lowest BCUT2D eigenvalue weighted by molar-refractivity contribution is -0.385. The molecule has 0 radical (unpaired) electrons. The summed E-state index contributed by atoms with van der Waals surface area (Å²) in [5.74, 6) is -2.10. The fourth-order valence-electron chi connectivity index (χ4n) is 3.86. The molecule has 3 rings (SSSR count). The molecule has 0 spiro atoms. The lowest BCUT2D eigenvalue weighted by atomic mass is 9.74. The normalized spacial score (nSPS) is 23.8. The van der Waals surface area contributed by atoms with Gasteiger partial charge in [0.2, 0.25) is 5.91 Å². The van der Waals surface area contributed by atoms with Crippen LogP contribution in [-0.4, -0.2) is 65.6 Å². The number of benzene rings is 1. The van der Waals surface area contributed by atoms with Crippen molar-refractivity contribution in [2.75, 3.05) is 32.8 Å². The van der Waals surface area contributed by atoms with Crippen molar-refractivity contribution in [2.24, 2.45) is 11.3 Å². The third kappa shape index (κ3) is 3.55. The SMILES string of the molecule is Cc1cc(C(=O)NCC(=O)N2C[C@H]3COCC[C@@]3(C(=O)O)C2)ccc1[N+](=O)[O-]. The molecule has 10 nitrogen and oxygen atoms in total. The Morgan fingerprint density at radius 3 is 2.79 bits per heavy atom. The molecule has 2 saturated heterocycles. The highest BCUT2D eigenvalue weighted by molar-refractivity contribution is 5.97. The minimum atomic E-state index is -0.993. The highest BCUT2D eigenvalue weighted by Gasteiger charge is 2.54. The monoisotopic (exact) mass is 391 g/mol. The van der Waals surface area contributed by atoms with E-state index in [4.69, 9.17) is 4.74 Å². The summed E-state index contributed by atoms with van der Waals surface area (Å²) in [6, 6.07) is 3.96. The predicted molar refractivity (Wildman–Crippen MR) is 95.7 cm³/mol. The van der Waals surface area contributed by atoms with Crippen molar-refractivity contribution in [1.29, 1.82) is 0 Å². The number of hydrogen-bond acceptors (Lipinski definition) is 6. The molecular formula is C18H21N3O7. The van der Waals surface area contributed by atoms with Crippen LogP contribution in [0.25, 0.3) is 0 Å². The maximum absolute atomic E-state index is 12.5. The van der Waals surface area contributed by atoms with Gasteiger partial charge < -0.3 is 20.1 Å². The summed E-state index contributed by atoms with van der Waals surface area (Å²) < 4.78 is 5.36. The Morgan fingerprint density at radius 2 is 2.18 bits per heavy atom. The Hall–Kier alpha value is -3.01. The smallest absolute Gasteiger partial charge is 0.311 e. The van der Waals surface area contributed by atoms with Crippen molar-refractivity contribution in [3.8, 4) is 0 Å². The number of carbonyl (C=O) groups excluding carboxylic acids is 2. The number of nitrogens with zero attached hydrogens (tertiary/aromatic N) is 2. The Bertz CT molecular complexity index is 840. The summed E-state index contributed by atoms with van der Waals surface area (Å²) in [5.41, 5.74) is -0.529. The number of rotatable bonds is 5. The van der Waals surface area contributed by atoms with Crippen LogP contribution in [-0.2, 0) is 14.3 Å². The first-order chi connectivity index (χ1) is 13.2. The van der Waals surface area contributed by atoms with E-state index in [1.807, 2.05) is 0 Å². The van der Waals surface area contributed by atoms with Crippen LogP contribution >= 0.6 is 0 Å². The summed E-state index contributed by atoms with van der Waals surface area (Å²) in [6.07, 6.45) is 0.352. The first kappa shape index (κ1) is 19.7. The number of amides is 2. The molecule has 0 aliphatic carbocycles. The molecule has 2 aliphatic rings. The van der Waals surface area contributed by atoms with E-state index in [9.17, 15) is 29.6 Å². The zero-order chi connectivity index (χ0) is 20.5. The third-order valence-corrected chi connectivity index (χ3v) is 5.54. The van der Waals surface area contributed by atoms with E-state index < -0.39 is 22.2 Å². The predicted octanol–water partition coefficient (Wildman–Crippen LogP) is 0.583. The van der Waals surface area contributed by atoms with E-state index in [-0.39, 0.29) is 42.7 Å². The van der Waals surface area contributed by atoms with Crippen molar-refractivity contribution < 1.29 is 29.2 Å². The van der Waals surface area contributed by atoms with Gasteiger partial charge >= 0.3 is 5.97 Å². The van der Waals surface area contributed by atoms with Gasteiger partial charge in [-0.3, -0.25) is 24.5 Å². The van der Waals surface area contributed by atoms with Crippen molar-refractivity contribution in [1.82, 2.24) is 10.2 Å². The van der Waals surface area contributed by atoms with Crippen LogP contribution in [0.15, 0.2) is 18.2 Å². The Labute approximate surface area is 160 Å². The summed E-state index contributed by atoms with van der Waals surface area (Å²) in [7, 11) is 0. The molecule has 2 amide bonds. The van der Waals surface area contributed by atoms with Crippen LogP contribution in [0.5, 0.6) is 0 Å². The van der Waals surface area contributed by atoms with Crippen LogP contribution < -0.4 is 5.32 Å². The van der Waals surface area contributed by atoms with Crippen LogP contribution in [0.3, 0.4) is 0 Å². The number of aryl methyl sites for hydroxylation is 1. The van der Waals surface area contributed by atoms with Crippen molar-refractivity contribution >= 4 is 23.5 Å². The third-order valence-electron chi connectivity index (χ3n) is 5.54. The van der Waals surface area contributed by atoms with Crippen LogP contribution in [0.1, 0.15) is 22.3 Å². The summed E-state index contributed by atoms with van der Waals surface area (Å²) >= 11 is 0. The summed E-state index contributed by atoms with van der Waals surface area (Å²) in [5, 5.41) is 23.0. The zero-order valence-electron chi connectivity index (χ0n) is 15.3. The Kier molecular flexibility index (Phi) is 5.32. The largest absolute Gasteiger partial charge is 0.481 e. The number of nitrogens with one attached hydrogen (secondary N) is 1. The first-order valence-corrected chi connectivity index (χ1v) is 8.87. The maximum Gasteiger partial charge on any atom is 0.311 e. The van der Waals surface area contributed by atoms with Gasteiger partial charge in [-0.1, -0.05) is 0 Å². The van der Waals surface area contributed by atoms with E-state index in [0.717, 1.165) is 0 Å². The number of nitro benzene ring substituents is 1. The molecule has 0 aromatic heterocycles. The maximum atomic E-state index is 12.5. The van der Waals surface area contributed by atoms with E-state index in [0.29, 0.717) is 25.2 Å². The number of hydrogen-bond donors (Lipinski definition) is 2. The fraction of sp³-hybridized carbons (Fsp3) is 0.500. The molecule has 0 bridgehead atoms. The van der Waals surface area contributed by atoms with E-state index >= 15 is 0 Å². The topological polar surface area (TPSA) is 139 Å². The molecular weight excluding hydrogens is 370 g/mol. The van der Waals surface area contributed by atoms with Gasteiger partial charge in [0.1, 0.15) is 0 Å². The standard InChI is InChI=1S/C18H21N3O7/c1-11-6-12(2-3-14(11)21(26)27)16(23)19-7-15(22)20-8-13-9-28-5-4-18(13,10-20)17(24)25/h2-3,6,13H,4-5,7-10H2,1H3,(H,19,23)(H,24,25)/t13-,18+/m0/s1. The van der Waals surface area contributed by atoms with E-state index in [1.165, 1.54) is 30.0 Å². The van der Waals surface area contributed by atoms with Gasteiger partial charge in [-0.05, 0) is 25.5 Å². The molecule has 0 saturated carbocycles. The molecule has 2 aliphatic heterocycles. The molecule has 1 aromatic carbocycles. The minimum absolute atomic E-state index is 0.0894. The number of fused-ring (bicyclic) bond motifs is 1. The van der Waals surface area contributed by atoms with E-state index in [2.05, 4.69) is 5.32 Å². The number of carboxylic acid groups (broad SMARTS) is 1. The van der Waals surface area contributed by atoms with Gasteiger partial charge in [0.25, 0.3) is 11.6 Å². The number of carboxylic acids is 1. The van der Waals surface area contributed by atoms with Crippen LogP contribution in [0.2, 0.25) is 0 Å². The molecule has 150 valence electrons. The van der Waals surface area contributed by atoms with Gasteiger partial charge in [0.15, 0.2) is 0 Å². The first-order valence-electron chi connectivity index (χ1n) is 8.87. The molecule has 0 unspecified atom stereocenters. The molecule has 1 aromatic rings. The summed E-state index contributed by atoms with van der Waals surface area (Å²) in [6.45, 7) is 2.27. The fourth-order valence-corrected chi connectivity index (χ4v) is 3.86. The second-order valence-electron chi connectivity index (χ2n) is 7.20. The highest BCUT2D eigenvalue weighted by Crippen LogP contribution is 2.42. The van der Waals surface area contributed by atoms with Crippen LogP contribution in [0.4, 0.5) is 5.69 Å². The van der Waals surface area contributed by atoms with Gasteiger partial charge in [-0.15, -0.1) is 0 Å². The van der Waals surface area contributed by atoms with Gasteiger partial charge in [0, 0.05) is 42.8 Å². The lowest BCUT2D eigenvalue weighted by Crippen LogP contribution is -2.45. The zero-order valence-corrected chi connectivity index (χ0v) is 15.3. The lowest BCUT2D eigenvalue weighted by Gasteiger charge is -2.33. The minimum Gasteiger partial charge on any atom is -0.481 e. The molecule has 2 heterocycles. The summed E-state index contributed by atoms with van der Waals surface area (Å²) in [4.78, 5) is 48.3. The molecule has 2 fully saturated rings. The molecule has 2 atom stereocenters. The van der Waals surface area contributed by atoms with Gasteiger partial charge in [-0.25, -0.2) is 0 Å². The number of aliphatic carboxylic acids is 1. The highest BCUT2D eigenvalue weighted by atomic mass is 16.6. The quantitative estimate of drug-likeness (QED) is 0.553. The molecule has 28 heavy (non-hydrogen) atoms.